The summed E-state index contributed by atoms with van der Waals surface area (Å²) in [4.78, 5) is 24.9. The summed E-state index contributed by atoms with van der Waals surface area (Å²) in [6.07, 6.45) is 1.84. The number of carbonyl (C=O) groups is 2. The van der Waals surface area contributed by atoms with Gasteiger partial charge in [0, 0.05) is 4.88 Å². The number of benzene rings is 1. The van der Waals surface area contributed by atoms with Crippen molar-refractivity contribution in [2.45, 2.75) is 25.0 Å². The van der Waals surface area contributed by atoms with Crippen molar-refractivity contribution < 1.29 is 14.7 Å². The summed E-state index contributed by atoms with van der Waals surface area (Å²) in [6, 6.07) is 13.1. The predicted molar refractivity (Wildman–Crippen MR) is 92.2 cm³/mol. The van der Waals surface area contributed by atoms with Crippen molar-refractivity contribution in [2.75, 3.05) is 6.54 Å². The molecular formula is C18H20N2O3S. The average molecular weight is 344 g/mol. The summed E-state index contributed by atoms with van der Waals surface area (Å²) in [6.45, 7) is 0.364. The largest absolute Gasteiger partial charge is 0.383 e. The van der Waals surface area contributed by atoms with Crippen LogP contribution in [0.4, 0.5) is 0 Å². The zero-order valence-electron chi connectivity index (χ0n) is 13.2. The summed E-state index contributed by atoms with van der Waals surface area (Å²) in [5.41, 5.74) is -0.350. The highest BCUT2D eigenvalue weighted by Gasteiger charge is 2.45. The van der Waals surface area contributed by atoms with Gasteiger partial charge in [0.15, 0.2) is 0 Å². The Hall–Kier alpha value is -2.18. The van der Waals surface area contributed by atoms with Crippen LogP contribution in [0.25, 0.3) is 0 Å². The molecule has 0 radical (unpaired) electrons. The molecule has 5 nitrogen and oxygen atoms in total. The van der Waals surface area contributed by atoms with Gasteiger partial charge in [-0.15, -0.1) is 11.3 Å². The molecule has 3 rings (SSSR count). The van der Waals surface area contributed by atoms with Crippen molar-refractivity contribution in [3.8, 4) is 0 Å². The van der Waals surface area contributed by atoms with E-state index in [2.05, 4.69) is 10.6 Å². The van der Waals surface area contributed by atoms with E-state index in [9.17, 15) is 14.7 Å². The average Bonchev–Trinajstić information content (AvgIpc) is 3.35. The van der Waals surface area contributed by atoms with Gasteiger partial charge >= 0.3 is 11.8 Å². The van der Waals surface area contributed by atoms with Crippen molar-refractivity contribution >= 4 is 23.2 Å². The fraction of sp³-hybridized carbons (Fsp3) is 0.333. The Balaban J connectivity index is 1.56. The van der Waals surface area contributed by atoms with Crippen LogP contribution in [0, 0.1) is 5.92 Å². The minimum atomic E-state index is -1.12. The summed E-state index contributed by atoms with van der Waals surface area (Å²) >= 11 is 1.52. The van der Waals surface area contributed by atoms with Gasteiger partial charge in [0.1, 0.15) is 5.60 Å². The Morgan fingerprint density at radius 1 is 1.08 bits per heavy atom. The molecule has 1 heterocycles. The first-order valence-electron chi connectivity index (χ1n) is 7.96. The second-order valence-corrected chi connectivity index (χ2v) is 7.04. The Kier molecular flexibility index (Phi) is 4.97. The van der Waals surface area contributed by atoms with Gasteiger partial charge in [0.05, 0.1) is 13.1 Å². The number of rotatable bonds is 6. The van der Waals surface area contributed by atoms with Crippen LogP contribution in [0.15, 0.2) is 47.8 Å². The van der Waals surface area contributed by atoms with Crippen LogP contribution in [0.3, 0.4) is 0 Å². The van der Waals surface area contributed by atoms with E-state index in [4.69, 9.17) is 0 Å². The maximum Gasteiger partial charge on any atom is 0.309 e. The van der Waals surface area contributed by atoms with Crippen molar-refractivity contribution in [1.82, 2.24) is 10.6 Å². The lowest BCUT2D eigenvalue weighted by atomic mass is 9.88. The molecule has 24 heavy (non-hydrogen) atoms. The molecule has 1 aromatic heterocycles. The third kappa shape index (κ3) is 3.83. The smallest absolute Gasteiger partial charge is 0.309 e. The maximum absolute atomic E-state index is 12.0. The first kappa shape index (κ1) is 16.7. The third-order valence-corrected chi connectivity index (χ3v) is 5.13. The quantitative estimate of drug-likeness (QED) is 0.699. The van der Waals surface area contributed by atoms with Crippen LogP contribution in [-0.2, 0) is 21.7 Å². The molecule has 0 spiro atoms. The monoisotopic (exact) mass is 344 g/mol. The number of amides is 2. The number of hydrogen-bond acceptors (Lipinski definition) is 4. The molecule has 1 aromatic carbocycles. The van der Waals surface area contributed by atoms with Gasteiger partial charge in [0.2, 0.25) is 0 Å². The number of nitrogens with one attached hydrogen (secondary N) is 2. The standard InChI is InChI=1S/C18H20N2O3S/c21-16(19-11-15-7-4-10-24-15)17(22)20-12-18(23,14-8-9-14)13-5-2-1-3-6-13/h1-7,10,14,23H,8-9,11-12H2,(H,19,21)(H,20,22)/t18-/m1/s1. The van der Waals surface area contributed by atoms with Gasteiger partial charge in [-0.05, 0) is 35.8 Å². The third-order valence-electron chi connectivity index (χ3n) is 4.25. The fourth-order valence-electron chi connectivity index (χ4n) is 2.73. The molecular weight excluding hydrogens is 324 g/mol. The van der Waals surface area contributed by atoms with Crippen molar-refractivity contribution in [3.63, 3.8) is 0 Å². The van der Waals surface area contributed by atoms with E-state index >= 15 is 0 Å². The molecule has 126 valence electrons. The molecule has 6 heteroatoms. The van der Waals surface area contributed by atoms with E-state index in [1.54, 1.807) is 0 Å². The molecule has 0 unspecified atom stereocenters. The van der Waals surface area contributed by atoms with Crippen molar-refractivity contribution in [1.29, 1.82) is 0 Å². The zero-order valence-corrected chi connectivity index (χ0v) is 14.0. The molecule has 1 fully saturated rings. The number of carbonyl (C=O) groups excluding carboxylic acids is 2. The van der Waals surface area contributed by atoms with Crippen LogP contribution in [0.1, 0.15) is 23.3 Å². The van der Waals surface area contributed by atoms with Gasteiger partial charge in [-0.25, -0.2) is 0 Å². The first-order valence-corrected chi connectivity index (χ1v) is 8.84. The van der Waals surface area contributed by atoms with Crippen molar-refractivity contribution in [3.05, 3.63) is 58.3 Å². The number of aliphatic hydroxyl groups is 1. The Morgan fingerprint density at radius 3 is 2.42 bits per heavy atom. The van der Waals surface area contributed by atoms with Gasteiger partial charge in [-0.2, -0.15) is 0 Å². The van der Waals surface area contributed by atoms with Gasteiger partial charge in [0.25, 0.3) is 0 Å². The lowest BCUT2D eigenvalue weighted by Gasteiger charge is -2.29. The van der Waals surface area contributed by atoms with E-state index in [1.807, 2.05) is 47.8 Å². The van der Waals surface area contributed by atoms with Gasteiger partial charge in [-0.1, -0.05) is 36.4 Å². The fourth-order valence-corrected chi connectivity index (χ4v) is 3.37. The van der Waals surface area contributed by atoms with Crippen LogP contribution < -0.4 is 10.6 Å². The Labute approximate surface area is 144 Å². The molecule has 1 aliphatic carbocycles. The van der Waals surface area contributed by atoms with Crippen molar-refractivity contribution in [2.24, 2.45) is 5.92 Å². The molecule has 1 aliphatic rings. The van der Waals surface area contributed by atoms with Gasteiger partial charge in [-0.3, -0.25) is 9.59 Å². The zero-order chi connectivity index (χ0) is 17.0. The second kappa shape index (κ2) is 7.15. The number of thiophene rings is 1. The lowest BCUT2D eigenvalue weighted by Crippen LogP contribution is -2.47. The summed E-state index contributed by atoms with van der Waals surface area (Å²) in [5, 5.41) is 18.1. The maximum atomic E-state index is 12.0. The minimum absolute atomic E-state index is 0.0347. The lowest BCUT2D eigenvalue weighted by molar-refractivity contribution is -0.140. The molecule has 1 saturated carbocycles. The van der Waals surface area contributed by atoms with Crippen LogP contribution in [0.2, 0.25) is 0 Å². The second-order valence-electron chi connectivity index (χ2n) is 6.01. The van der Waals surface area contributed by atoms with Gasteiger partial charge < -0.3 is 15.7 Å². The topological polar surface area (TPSA) is 78.4 Å². The van der Waals surface area contributed by atoms with E-state index in [-0.39, 0.29) is 12.5 Å². The Bertz CT molecular complexity index is 698. The molecule has 0 saturated heterocycles. The summed E-state index contributed by atoms with van der Waals surface area (Å²) in [7, 11) is 0. The SMILES string of the molecule is O=C(NCc1cccs1)C(=O)NC[C@@](O)(c1ccccc1)C1CC1. The normalized spacial score (nSPS) is 16.2. The van der Waals surface area contributed by atoms with E-state index < -0.39 is 17.4 Å². The molecule has 2 aromatic rings. The first-order chi connectivity index (χ1) is 11.6. The molecule has 1 atom stereocenters. The van der Waals surface area contributed by atoms with E-state index in [0.29, 0.717) is 6.54 Å². The van der Waals surface area contributed by atoms with E-state index in [1.165, 1.54) is 11.3 Å². The highest BCUT2D eigenvalue weighted by atomic mass is 32.1. The van der Waals surface area contributed by atoms with E-state index in [0.717, 1.165) is 23.3 Å². The Morgan fingerprint density at radius 2 is 1.79 bits per heavy atom. The highest BCUT2D eigenvalue weighted by molar-refractivity contribution is 7.09. The minimum Gasteiger partial charge on any atom is -0.383 e. The molecule has 0 bridgehead atoms. The summed E-state index contributed by atoms with van der Waals surface area (Å²) < 4.78 is 0. The molecule has 2 amide bonds. The predicted octanol–water partition coefficient (Wildman–Crippen LogP) is 1.78. The molecule has 3 N–H and O–H groups in total. The molecule has 0 aliphatic heterocycles. The van der Waals surface area contributed by atoms with Crippen LogP contribution in [0.5, 0.6) is 0 Å². The highest BCUT2D eigenvalue weighted by Crippen LogP contribution is 2.45. The van der Waals surface area contributed by atoms with Crippen LogP contribution in [-0.4, -0.2) is 23.5 Å². The summed E-state index contributed by atoms with van der Waals surface area (Å²) in [5.74, 6) is -1.29. The number of hydrogen-bond donors (Lipinski definition) is 3. The van der Waals surface area contributed by atoms with Crippen LogP contribution >= 0.6 is 11.3 Å².